The van der Waals surface area contributed by atoms with Gasteiger partial charge < -0.3 is 4.90 Å². The van der Waals surface area contributed by atoms with Crippen LogP contribution in [-0.4, -0.2) is 21.8 Å². The third kappa shape index (κ3) is 2.46. The molecule has 2 aromatic heterocycles. The van der Waals surface area contributed by atoms with E-state index in [0.29, 0.717) is 21.6 Å². The first-order valence-electron chi connectivity index (χ1n) is 9.16. The standard InChI is InChI=1S/C21H16BrN3O2S/c1-2-3-10-24-15-9-8-12(22)11-13(15)17(19(24)26)18-20(27)25-16-7-5-4-6-14(16)23-21(25)28-18/h4-9,11H,2-3,10H2,1H3/b18-17-. The van der Waals surface area contributed by atoms with Crippen molar-refractivity contribution in [2.75, 3.05) is 11.4 Å². The lowest BCUT2D eigenvalue weighted by molar-refractivity contribution is -0.113. The maximum Gasteiger partial charge on any atom is 0.275 e. The fourth-order valence-corrected chi connectivity index (χ4v) is 5.16. The van der Waals surface area contributed by atoms with Crippen molar-refractivity contribution in [2.45, 2.75) is 19.8 Å². The number of para-hydroxylation sites is 2. The van der Waals surface area contributed by atoms with Crippen LogP contribution < -0.4 is 15.0 Å². The van der Waals surface area contributed by atoms with Gasteiger partial charge in [-0.1, -0.05) is 52.7 Å². The summed E-state index contributed by atoms with van der Waals surface area (Å²) < 4.78 is 2.95. The number of carbonyl (C=O) groups excluding carboxylic acids is 1. The van der Waals surface area contributed by atoms with E-state index in [4.69, 9.17) is 0 Å². The molecule has 1 aliphatic rings. The van der Waals surface area contributed by atoms with Crippen LogP contribution in [0.15, 0.2) is 51.7 Å². The number of rotatable bonds is 3. The van der Waals surface area contributed by atoms with Gasteiger partial charge in [-0.2, -0.15) is 0 Å². The van der Waals surface area contributed by atoms with E-state index >= 15 is 0 Å². The molecule has 0 radical (unpaired) electrons. The van der Waals surface area contributed by atoms with Gasteiger partial charge in [0.15, 0.2) is 4.96 Å². The minimum absolute atomic E-state index is 0.104. The number of hydrogen-bond acceptors (Lipinski definition) is 4. The number of amides is 1. The molecule has 0 atom stereocenters. The molecule has 0 saturated carbocycles. The number of anilines is 1. The smallest absolute Gasteiger partial charge is 0.275 e. The van der Waals surface area contributed by atoms with Crippen LogP contribution in [0.2, 0.25) is 0 Å². The molecule has 1 aliphatic heterocycles. The summed E-state index contributed by atoms with van der Waals surface area (Å²) in [6, 6.07) is 13.4. The second-order valence-electron chi connectivity index (χ2n) is 6.80. The van der Waals surface area contributed by atoms with Gasteiger partial charge in [0.25, 0.3) is 11.5 Å². The van der Waals surface area contributed by atoms with Crippen molar-refractivity contribution in [2.24, 2.45) is 0 Å². The molecule has 1 amide bonds. The number of hydrogen-bond donors (Lipinski definition) is 0. The highest BCUT2D eigenvalue weighted by molar-refractivity contribution is 9.10. The van der Waals surface area contributed by atoms with Crippen LogP contribution in [0.5, 0.6) is 0 Å². The zero-order chi connectivity index (χ0) is 19.4. The highest BCUT2D eigenvalue weighted by Crippen LogP contribution is 2.37. The lowest BCUT2D eigenvalue weighted by Gasteiger charge is -2.16. The van der Waals surface area contributed by atoms with Crippen LogP contribution in [0.3, 0.4) is 0 Å². The van der Waals surface area contributed by atoms with E-state index in [-0.39, 0.29) is 11.5 Å². The van der Waals surface area contributed by atoms with Crippen molar-refractivity contribution in [1.29, 1.82) is 0 Å². The predicted octanol–water partition coefficient (Wildman–Crippen LogP) is 3.74. The van der Waals surface area contributed by atoms with Crippen molar-refractivity contribution in [1.82, 2.24) is 9.38 Å². The van der Waals surface area contributed by atoms with Gasteiger partial charge >= 0.3 is 0 Å². The number of fused-ring (bicyclic) bond motifs is 4. The summed E-state index contributed by atoms with van der Waals surface area (Å²) in [6.07, 6.45) is 1.91. The molecule has 3 heterocycles. The van der Waals surface area contributed by atoms with Gasteiger partial charge in [-0.25, -0.2) is 9.38 Å². The zero-order valence-electron chi connectivity index (χ0n) is 15.1. The van der Waals surface area contributed by atoms with Gasteiger partial charge in [-0.05, 0) is 36.8 Å². The van der Waals surface area contributed by atoms with Gasteiger partial charge in [0.1, 0.15) is 4.53 Å². The Morgan fingerprint density at radius 1 is 1.14 bits per heavy atom. The maximum absolute atomic E-state index is 13.3. The third-order valence-electron chi connectivity index (χ3n) is 5.06. The van der Waals surface area contributed by atoms with Crippen LogP contribution >= 0.6 is 27.3 Å². The lowest BCUT2D eigenvalue weighted by Crippen LogP contribution is -2.32. The van der Waals surface area contributed by atoms with Gasteiger partial charge in [-0.3, -0.25) is 9.59 Å². The number of nitrogens with zero attached hydrogens (tertiary/aromatic N) is 3. The number of carbonyl (C=O) groups is 1. The molecule has 0 bridgehead atoms. The Hall–Kier alpha value is -2.51. The topological polar surface area (TPSA) is 54.7 Å². The fraction of sp³-hybridized carbons (Fsp3) is 0.190. The molecule has 0 saturated heterocycles. The summed E-state index contributed by atoms with van der Waals surface area (Å²) in [5.74, 6) is -0.104. The highest BCUT2D eigenvalue weighted by atomic mass is 79.9. The Labute approximate surface area is 173 Å². The van der Waals surface area contributed by atoms with E-state index in [1.807, 2.05) is 42.5 Å². The van der Waals surface area contributed by atoms with E-state index in [2.05, 4.69) is 27.8 Å². The average Bonchev–Trinajstić information content (AvgIpc) is 3.28. The monoisotopic (exact) mass is 453 g/mol. The van der Waals surface area contributed by atoms with E-state index in [1.165, 1.54) is 11.3 Å². The Bertz CT molecular complexity index is 1370. The normalized spacial score (nSPS) is 15.8. The molecule has 5 rings (SSSR count). The molecule has 0 unspecified atom stereocenters. The van der Waals surface area contributed by atoms with Crippen LogP contribution in [0, 0.1) is 0 Å². The van der Waals surface area contributed by atoms with Crippen LogP contribution in [0.25, 0.3) is 21.6 Å². The summed E-state index contributed by atoms with van der Waals surface area (Å²) in [4.78, 5) is 33.6. The van der Waals surface area contributed by atoms with Crippen molar-refractivity contribution < 1.29 is 4.79 Å². The minimum Gasteiger partial charge on any atom is -0.308 e. The molecule has 28 heavy (non-hydrogen) atoms. The third-order valence-corrected chi connectivity index (χ3v) is 6.59. The number of aromatic nitrogens is 2. The molecule has 0 fully saturated rings. The van der Waals surface area contributed by atoms with Crippen LogP contribution in [0.1, 0.15) is 25.3 Å². The number of benzene rings is 2. The predicted molar refractivity (Wildman–Crippen MR) is 116 cm³/mol. The Balaban J connectivity index is 1.84. The first kappa shape index (κ1) is 17.6. The highest BCUT2D eigenvalue weighted by Gasteiger charge is 2.34. The lowest BCUT2D eigenvalue weighted by atomic mass is 10.1. The molecular formula is C21H16BrN3O2S. The Kier molecular flexibility index (Phi) is 4.10. The van der Waals surface area contributed by atoms with Crippen molar-refractivity contribution >= 4 is 60.4 Å². The molecule has 140 valence electrons. The Morgan fingerprint density at radius 3 is 2.79 bits per heavy atom. The molecular weight excluding hydrogens is 438 g/mol. The molecule has 0 N–H and O–H groups in total. The molecule has 7 heteroatoms. The van der Waals surface area contributed by atoms with Gasteiger partial charge in [0.2, 0.25) is 0 Å². The number of unbranched alkanes of at least 4 members (excludes halogenated alkanes) is 1. The zero-order valence-corrected chi connectivity index (χ0v) is 17.5. The SMILES string of the molecule is CCCCN1C(=O)/C(=c2\sc3nc4ccccc4n3c2=O)c2cc(Br)ccc21. The summed E-state index contributed by atoms with van der Waals surface area (Å²) >= 11 is 4.79. The van der Waals surface area contributed by atoms with E-state index in [0.717, 1.165) is 39.6 Å². The Morgan fingerprint density at radius 2 is 1.96 bits per heavy atom. The molecule has 0 aliphatic carbocycles. The number of halogens is 1. The first-order valence-corrected chi connectivity index (χ1v) is 10.8. The van der Waals surface area contributed by atoms with Gasteiger partial charge in [0, 0.05) is 16.6 Å². The minimum atomic E-state index is -0.180. The summed E-state index contributed by atoms with van der Waals surface area (Å²) in [7, 11) is 0. The summed E-state index contributed by atoms with van der Waals surface area (Å²) in [5.41, 5.74) is 3.53. The summed E-state index contributed by atoms with van der Waals surface area (Å²) in [6.45, 7) is 2.75. The fourth-order valence-electron chi connectivity index (χ4n) is 3.72. The second kappa shape index (κ2) is 6.53. The molecule has 0 spiro atoms. The van der Waals surface area contributed by atoms with Gasteiger partial charge in [-0.15, -0.1) is 0 Å². The van der Waals surface area contributed by atoms with Crippen molar-refractivity contribution in [3.8, 4) is 0 Å². The van der Waals surface area contributed by atoms with Gasteiger partial charge in [0.05, 0.1) is 22.3 Å². The summed E-state index contributed by atoms with van der Waals surface area (Å²) in [5, 5.41) is 0. The average molecular weight is 454 g/mol. The van der Waals surface area contributed by atoms with Crippen LogP contribution in [-0.2, 0) is 4.79 Å². The maximum atomic E-state index is 13.3. The quantitative estimate of drug-likeness (QED) is 0.474. The van der Waals surface area contributed by atoms with Crippen LogP contribution in [0.4, 0.5) is 5.69 Å². The molecule has 5 nitrogen and oxygen atoms in total. The number of thiazole rings is 1. The second-order valence-corrected chi connectivity index (χ2v) is 8.69. The van der Waals surface area contributed by atoms with E-state index in [9.17, 15) is 9.59 Å². The van der Waals surface area contributed by atoms with Crippen molar-refractivity contribution in [3.63, 3.8) is 0 Å². The van der Waals surface area contributed by atoms with E-state index < -0.39 is 0 Å². The molecule has 4 aromatic rings. The number of imidazole rings is 1. The molecule has 2 aromatic carbocycles. The largest absolute Gasteiger partial charge is 0.308 e. The van der Waals surface area contributed by atoms with E-state index in [1.54, 1.807) is 9.30 Å². The first-order chi connectivity index (χ1) is 13.6. The van der Waals surface area contributed by atoms with Crippen molar-refractivity contribution in [3.05, 3.63) is 67.4 Å².